The van der Waals surface area contributed by atoms with E-state index in [4.69, 9.17) is 5.10 Å². The zero-order valence-electron chi connectivity index (χ0n) is 13.4. The topological polar surface area (TPSA) is 30.7 Å². The summed E-state index contributed by atoms with van der Waals surface area (Å²) in [6.45, 7) is 2.09. The van der Waals surface area contributed by atoms with Crippen molar-refractivity contribution in [1.29, 1.82) is 0 Å². The molecule has 2 aromatic carbocycles. The standard InChI is InChI=1S/C21H17N3/c1-16-10-12-18(13-11-16)24-21(17-7-3-2-4-8-17)15-20(23-24)19-9-5-6-14-22-19/h2-15H,1H3. The summed E-state index contributed by atoms with van der Waals surface area (Å²) in [4.78, 5) is 4.43. The van der Waals surface area contributed by atoms with E-state index in [1.807, 2.05) is 41.1 Å². The number of hydrogen-bond acceptors (Lipinski definition) is 2. The largest absolute Gasteiger partial charge is 0.255 e. The van der Waals surface area contributed by atoms with Gasteiger partial charge in [0.15, 0.2) is 0 Å². The fraction of sp³-hybridized carbons (Fsp3) is 0.0476. The van der Waals surface area contributed by atoms with Crippen LogP contribution in [0.1, 0.15) is 5.56 Å². The van der Waals surface area contributed by atoms with Crippen molar-refractivity contribution >= 4 is 0 Å². The minimum Gasteiger partial charge on any atom is -0.255 e. The monoisotopic (exact) mass is 311 g/mol. The van der Waals surface area contributed by atoms with Crippen molar-refractivity contribution in [3.63, 3.8) is 0 Å². The molecular formula is C21H17N3. The van der Waals surface area contributed by atoms with E-state index in [1.54, 1.807) is 6.20 Å². The summed E-state index contributed by atoms with van der Waals surface area (Å²) in [6.07, 6.45) is 1.79. The third-order valence-electron chi connectivity index (χ3n) is 3.98. The zero-order chi connectivity index (χ0) is 16.4. The number of aromatic nitrogens is 3. The van der Waals surface area contributed by atoms with Crippen molar-refractivity contribution in [2.24, 2.45) is 0 Å². The Morgan fingerprint density at radius 1 is 0.750 bits per heavy atom. The van der Waals surface area contributed by atoms with Crippen LogP contribution in [0.2, 0.25) is 0 Å². The number of rotatable bonds is 3. The highest BCUT2D eigenvalue weighted by atomic mass is 15.3. The maximum atomic E-state index is 4.81. The van der Waals surface area contributed by atoms with Gasteiger partial charge in [0, 0.05) is 11.8 Å². The first-order chi connectivity index (χ1) is 11.8. The Morgan fingerprint density at radius 3 is 2.21 bits per heavy atom. The summed E-state index contributed by atoms with van der Waals surface area (Å²) in [5.41, 5.74) is 6.21. The first-order valence-corrected chi connectivity index (χ1v) is 7.95. The lowest BCUT2D eigenvalue weighted by Crippen LogP contribution is -1.99. The summed E-state index contributed by atoms with van der Waals surface area (Å²) in [5, 5.41) is 4.81. The minimum atomic E-state index is 0.870. The summed E-state index contributed by atoms with van der Waals surface area (Å²) in [6, 6.07) is 26.7. The molecule has 0 radical (unpaired) electrons. The van der Waals surface area contributed by atoms with Crippen LogP contribution in [-0.4, -0.2) is 14.8 Å². The van der Waals surface area contributed by atoms with E-state index < -0.39 is 0 Å². The van der Waals surface area contributed by atoms with E-state index in [0.717, 1.165) is 28.3 Å². The fourth-order valence-corrected chi connectivity index (χ4v) is 2.72. The van der Waals surface area contributed by atoms with Gasteiger partial charge >= 0.3 is 0 Å². The van der Waals surface area contributed by atoms with Crippen LogP contribution in [0.25, 0.3) is 28.3 Å². The van der Waals surface area contributed by atoms with E-state index in [1.165, 1.54) is 5.56 Å². The highest BCUT2D eigenvalue weighted by Gasteiger charge is 2.13. The van der Waals surface area contributed by atoms with Gasteiger partial charge in [0.2, 0.25) is 0 Å². The molecule has 3 nitrogen and oxygen atoms in total. The van der Waals surface area contributed by atoms with E-state index in [2.05, 4.69) is 54.4 Å². The van der Waals surface area contributed by atoms with Crippen LogP contribution in [0, 0.1) is 6.92 Å². The van der Waals surface area contributed by atoms with Crippen molar-refractivity contribution in [2.45, 2.75) is 6.92 Å². The maximum Gasteiger partial charge on any atom is 0.112 e. The molecule has 116 valence electrons. The average Bonchev–Trinajstić information content (AvgIpc) is 3.09. The molecule has 0 spiro atoms. The number of nitrogens with zero attached hydrogens (tertiary/aromatic N) is 3. The number of aryl methyl sites for hydroxylation is 1. The van der Waals surface area contributed by atoms with Crippen molar-refractivity contribution in [1.82, 2.24) is 14.8 Å². The Hall–Kier alpha value is -3.20. The molecule has 0 atom stereocenters. The SMILES string of the molecule is Cc1ccc(-n2nc(-c3ccccn3)cc2-c2ccccc2)cc1. The molecule has 4 aromatic rings. The Labute approximate surface area is 141 Å². The predicted octanol–water partition coefficient (Wildman–Crippen LogP) is 4.91. The third kappa shape index (κ3) is 2.72. The average molecular weight is 311 g/mol. The van der Waals surface area contributed by atoms with Crippen LogP contribution in [-0.2, 0) is 0 Å². The Balaban J connectivity index is 1.90. The molecule has 2 aromatic heterocycles. The highest BCUT2D eigenvalue weighted by molar-refractivity contribution is 5.68. The second kappa shape index (κ2) is 6.13. The van der Waals surface area contributed by atoms with Gasteiger partial charge in [0.05, 0.1) is 17.1 Å². The van der Waals surface area contributed by atoms with Crippen molar-refractivity contribution in [3.05, 3.63) is 90.6 Å². The first-order valence-electron chi connectivity index (χ1n) is 7.95. The Morgan fingerprint density at radius 2 is 1.50 bits per heavy atom. The van der Waals surface area contributed by atoms with Gasteiger partial charge in [-0.3, -0.25) is 4.98 Å². The zero-order valence-corrected chi connectivity index (χ0v) is 13.4. The molecule has 4 rings (SSSR count). The summed E-state index contributed by atoms with van der Waals surface area (Å²) >= 11 is 0. The molecule has 2 heterocycles. The number of pyridine rings is 1. The van der Waals surface area contributed by atoms with Gasteiger partial charge in [0.1, 0.15) is 5.69 Å². The normalized spacial score (nSPS) is 10.7. The molecule has 0 saturated heterocycles. The molecule has 0 unspecified atom stereocenters. The second-order valence-electron chi connectivity index (χ2n) is 5.74. The molecule has 0 aliphatic carbocycles. The Kier molecular flexibility index (Phi) is 3.67. The van der Waals surface area contributed by atoms with Crippen LogP contribution in [0.5, 0.6) is 0 Å². The molecule has 3 heteroatoms. The maximum absolute atomic E-state index is 4.81. The first kappa shape index (κ1) is 14.4. The summed E-state index contributed by atoms with van der Waals surface area (Å²) < 4.78 is 1.98. The number of hydrogen-bond donors (Lipinski definition) is 0. The lowest BCUT2D eigenvalue weighted by molar-refractivity contribution is 0.889. The van der Waals surface area contributed by atoms with E-state index >= 15 is 0 Å². The molecule has 0 aliphatic heterocycles. The molecule has 0 saturated carbocycles. The molecule has 0 aliphatic rings. The van der Waals surface area contributed by atoms with Gasteiger partial charge in [-0.05, 0) is 37.3 Å². The molecule has 0 N–H and O–H groups in total. The fourth-order valence-electron chi connectivity index (χ4n) is 2.72. The predicted molar refractivity (Wildman–Crippen MR) is 97.0 cm³/mol. The Bertz CT molecular complexity index is 940. The van der Waals surface area contributed by atoms with Gasteiger partial charge in [-0.2, -0.15) is 5.10 Å². The van der Waals surface area contributed by atoms with Gasteiger partial charge in [0.25, 0.3) is 0 Å². The van der Waals surface area contributed by atoms with Crippen LogP contribution in [0.3, 0.4) is 0 Å². The van der Waals surface area contributed by atoms with Crippen molar-refractivity contribution < 1.29 is 0 Å². The summed E-state index contributed by atoms with van der Waals surface area (Å²) in [7, 11) is 0. The van der Waals surface area contributed by atoms with E-state index in [9.17, 15) is 0 Å². The van der Waals surface area contributed by atoms with E-state index in [-0.39, 0.29) is 0 Å². The minimum absolute atomic E-state index is 0.870. The van der Waals surface area contributed by atoms with Gasteiger partial charge in [-0.25, -0.2) is 4.68 Å². The van der Waals surface area contributed by atoms with E-state index in [0.29, 0.717) is 0 Å². The smallest absolute Gasteiger partial charge is 0.112 e. The number of benzene rings is 2. The van der Waals surface area contributed by atoms with Crippen LogP contribution in [0.15, 0.2) is 85.1 Å². The van der Waals surface area contributed by atoms with Crippen LogP contribution >= 0.6 is 0 Å². The lowest BCUT2D eigenvalue weighted by Gasteiger charge is -2.07. The van der Waals surface area contributed by atoms with Crippen molar-refractivity contribution in [3.8, 4) is 28.3 Å². The highest BCUT2D eigenvalue weighted by Crippen LogP contribution is 2.27. The van der Waals surface area contributed by atoms with Crippen molar-refractivity contribution in [2.75, 3.05) is 0 Å². The third-order valence-corrected chi connectivity index (χ3v) is 3.98. The van der Waals surface area contributed by atoms with Crippen LogP contribution in [0.4, 0.5) is 0 Å². The van der Waals surface area contributed by atoms with Gasteiger partial charge in [-0.1, -0.05) is 54.1 Å². The molecule has 0 fully saturated rings. The lowest BCUT2D eigenvalue weighted by atomic mass is 10.1. The van der Waals surface area contributed by atoms with Gasteiger partial charge in [-0.15, -0.1) is 0 Å². The molecule has 0 amide bonds. The molecule has 24 heavy (non-hydrogen) atoms. The quantitative estimate of drug-likeness (QED) is 0.538. The molecule has 0 bridgehead atoms. The molecular weight excluding hydrogens is 294 g/mol. The summed E-state index contributed by atoms with van der Waals surface area (Å²) in [5.74, 6) is 0. The van der Waals surface area contributed by atoms with Crippen LogP contribution < -0.4 is 0 Å². The second-order valence-corrected chi connectivity index (χ2v) is 5.74. The van der Waals surface area contributed by atoms with Gasteiger partial charge < -0.3 is 0 Å².